The van der Waals surface area contributed by atoms with E-state index < -0.39 is 10.0 Å². The lowest BCUT2D eigenvalue weighted by atomic mass is 9.93. The van der Waals surface area contributed by atoms with Gasteiger partial charge in [0.25, 0.3) is 0 Å². The van der Waals surface area contributed by atoms with Gasteiger partial charge < -0.3 is 14.4 Å². The van der Waals surface area contributed by atoms with E-state index in [4.69, 9.17) is 9.47 Å². The highest BCUT2D eigenvalue weighted by Crippen LogP contribution is 2.28. The van der Waals surface area contributed by atoms with Crippen LogP contribution in [0.25, 0.3) is 0 Å². The number of rotatable bonds is 5. The molecule has 0 aromatic heterocycles. The van der Waals surface area contributed by atoms with E-state index in [0.717, 1.165) is 25.7 Å². The van der Waals surface area contributed by atoms with Gasteiger partial charge in [0.2, 0.25) is 15.9 Å². The molecule has 0 aromatic carbocycles. The molecule has 3 aliphatic heterocycles. The zero-order chi connectivity index (χ0) is 17.9. The number of ether oxygens (including phenoxy) is 2. The first-order valence-electron chi connectivity index (χ1n) is 9.51. The summed E-state index contributed by atoms with van der Waals surface area (Å²) in [6, 6.07) is 0. The van der Waals surface area contributed by atoms with Crippen LogP contribution in [0.3, 0.4) is 0 Å². The quantitative estimate of drug-likeness (QED) is 0.719. The molecule has 3 saturated heterocycles. The van der Waals surface area contributed by atoms with E-state index in [2.05, 4.69) is 0 Å². The third-order valence-electron chi connectivity index (χ3n) is 5.47. The molecule has 0 bridgehead atoms. The van der Waals surface area contributed by atoms with Crippen molar-refractivity contribution in [3.63, 3.8) is 0 Å². The zero-order valence-electron chi connectivity index (χ0n) is 15.1. The molecule has 144 valence electrons. The number of likely N-dealkylation sites (tertiary alicyclic amines) is 1. The van der Waals surface area contributed by atoms with Crippen LogP contribution in [0.5, 0.6) is 0 Å². The number of sulfonamides is 1. The summed E-state index contributed by atoms with van der Waals surface area (Å²) in [6.45, 7) is 5.50. The minimum absolute atomic E-state index is 0.110. The molecule has 0 aromatic rings. The van der Waals surface area contributed by atoms with Crippen LogP contribution >= 0.6 is 0 Å². The molecule has 0 radical (unpaired) electrons. The van der Waals surface area contributed by atoms with E-state index in [0.29, 0.717) is 51.7 Å². The molecule has 3 rings (SSSR count). The van der Waals surface area contributed by atoms with Crippen molar-refractivity contribution in [3.8, 4) is 0 Å². The second-order valence-electron chi connectivity index (χ2n) is 7.29. The first kappa shape index (κ1) is 19.1. The molecule has 7 nitrogen and oxygen atoms in total. The Bertz CT molecular complexity index is 553. The minimum Gasteiger partial charge on any atom is -0.350 e. The Morgan fingerprint density at radius 2 is 1.76 bits per heavy atom. The van der Waals surface area contributed by atoms with Crippen LogP contribution in [0.2, 0.25) is 0 Å². The maximum absolute atomic E-state index is 12.9. The van der Waals surface area contributed by atoms with E-state index >= 15 is 0 Å². The Kier molecular flexibility index (Phi) is 6.35. The zero-order valence-corrected chi connectivity index (χ0v) is 15.9. The molecular formula is C17H30N2O5S. The number of carbonyl (C=O) groups is 1. The lowest BCUT2D eigenvalue weighted by molar-refractivity contribution is -0.142. The van der Waals surface area contributed by atoms with Gasteiger partial charge in [0.15, 0.2) is 6.29 Å². The van der Waals surface area contributed by atoms with Crippen molar-refractivity contribution in [3.05, 3.63) is 0 Å². The van der Waals surface area contributed by atoms with Gasteiger partial charge in [0, 0.05) is 32.1 Å². The Morgan fingerprint density at radius 3 is 2.40 bits per heavy atom. The number of hydrogen-bond acceptors (Lipinski definition) is 5. The van der Waals surface area contributed by atoms with E-state index in [1.807, 2.05) is 11.8 Å². The summed E-state index contributed by atoms with van der Waals surface area (Å²) in [4.78, 5) is 14.8. The Hall–Kier alpha value is -0.700. The number of carbonyl (C=O) groups excluding carboxylic acids is 1. The van der Waals surface area contributed by atoms with E-state index in [-0.39, 0.29) is 23.9 Å². The van der Waals surface area contributed by atoms with Gasteiger partial charge in [-0.3, -0.25) is 4.79 Å². The monoisotopic (exact) mass is 374 g/mol. The van der Waals surface area contributed by atoms with Crippen molar-refractivity contribution in [2.45, 2.75) is 45.3 Å². The van der Waals surface area contributed by atoms with Gasteiger partial charge in [0.05, 0.1) is 24.9 Å². The summed E-state index contributed by atoms with van der Waals surface area (Å²) in [5.74, 6) is 0.444. The summed E-state index contributed by atoms with van der Waals surface area (Å²) < 4.78 is 37.3. The van der Waals surface area contributed by atoms with Gasteiger partial charge in [-0.05, 0) is 32.1 Å². The van der Waals surface area contributed by atoms with Gasteiger partial charge in [-0.1, -0.05) is 6.92 Å². The third-order valence-corrected chi connectivity index (χ3v) is 7.52. The normalized spacial score (nSPS) is 27.7. The molecule has 1 unspecified atom stereocenters. The average molecular weight is 375 g/mol. The predicted octanol–water partition coefficient (Wildman–Crippen LogP) is 1.05. The first-order valence-corrected chi connectivity index (χ1v) is 11.1. The Balaban J connectivity index is 1.52. The van der Waals surface area contributed by atoms with E-state index in [1.165, 1.54) is 4.31 Å². The largest absolute Gasteiger partial charge is 0.350 e. The van der Waals surface area contributed by atoms with Gasteiger partial charge >= 0.3 is 0 Å². The molecule has 0 saturated carbocycles. The Morgan fingerprint density at radius 1 is 1.08 bits per heavy atom. The summed E-state index contributed by atoms with van der Waals surface area (Å²) in [6.07, 6.45) is 3.82. The summed E-state index contributed by atoms with van der Waals surface area (Å²) >= 11 is 0. The van der Waals surface area contributed by atoms with Crippen LogP contribution in [-0.4, -0.2) is 75.0 Å². The van der Waals surface area contributed by atoms with Crippen molar-refractivity contribution in [2.75, 3.05) is 45.1 Å². The third kappa shape index (κ3) is 4.53. The fraction of sp³-hybridized carbons (Fsp3) is 0.941. The molecule has 1 amide bonds. The van der Waals surface area contributed by atoms with Crippen LogP contribution in [0.15, 0.2) is 0 Å². The van der Waals surface area contributed by atoms with Crippen molar-refractivity contribution in [1.29, 1.82) is 0 Å². The SMILES string of the molecule is CCCS(=O)(=O)N1CCCC(C(=O)N2CCC(C3OCCO3)CC2)C1. The lowest BCUT2D eigenvalue weighted by Crippen LogP contribution is -2.49. The smallest absolute Gasteiger partial charge is 0.227 e. The molecule has 1 atom stereocenters. The van der Waals surface area contributed by atoms with Crippen molar-refractivity contribution in [1.82, 2.24) is 9.21 Å². The number of nitrogens with zero attached hydrogens (tertiary/aromatic N) is 2. The highest BCUT2D eigenvalue weighted by molar-refractivity contribution is 7.89. The second kappa shape index (κ2) is 8.33. The van der Waals surface area contributed by atoms with Crippen LogP contribution in [0.4, 0.5) is 0 Å². The van der Waals surface area contributed by atoms with Crippen LogP contribution in [-0.2, 0) is 24.3 Å². The molecule has 3 fully saturated rings. The van der Waals surface area contributed by atoms with Crippen molar-refractivity contribution < 1.29 is 22.7 Å². The van der Waals surface area contributed by atoms with Gasteiger partial charge in [-0.2, -0.15) is 0 Å². The van der Waals surface area contributed by atoms with Crippen LogP contribution in [0, 0.1) is 11.8 Å². The van der Waals surface area contributed by atoms with Crippen molar-refractivity contribution in [2.24, 2.45) is 11.8 Å². The Labute approximate surface area is 150 Å². The molecule has 8 heteroatoms. The molecule has 0 N–H and O–H groups in total. The molecule has 0 spiro atoms. The minimum atomic E-state index is -3.22. The van der Waals surface area contributed by atoms with Gasteiger partial charge in [0.1, 0.15) is 0 Å². The maximum atomic E-state index is 12.9. The number of piperidine rings is 2. The lowest BCUT2D eigenvalue weighted by Gasteiger charge is -2.38. The fourth-order valence-corrected chi connectivity index (χ4v) is 5.67. The predicted molar refractivity (Wildman–Crippen MR) is 93.4 cm³/mol. The standard InChI is InChI=1S/C17H30N2O5S/c1-2-12-25(21,22)19-7-3-4-15(13-19)16(20)18-8-5-14(6-9-18)17-23-10-11-24-17/h14-15,17H,2-13H2,1H3. The molecule has 3 aliphatic rings. The summed E-state index contributed by atoms with van der Waals surface area (Å²) in [7, 11) is -3.22. The van der Waals surface area contributed by atoms with E-state index in [1.54, 1.807) is 0 Å². The highest BCUT2D eigenvalue weighted by atomic mass is 32.2. The van der Waals surface area contributed by atoms with Gasteiger partial charge in [-0.15, -0.1) is 0 Å². The van der Waals surface area contributed by atoms with Crippen molar-refractivity contribution >= 4 is 15.9 Å². The van der Waals surface area contributed by atoms with Crippen LogP contribution < -0.4 is 0 Å². The maximum Gasteiger partial charge on any atom is 0.227 e. The second-order valence-corrected chi connectivity index (χ2v) is 9.37. The number of hydrogen-bond donors (Lipinski definition) is 0. The summed E-state index contributed by atoms with van der Waals surface area (Å²) in [5.41, 5.74) is 0. The van der Waals surface area contributed by atoms with Crippen LogP contribution in [0.1, 0.15) is 39.0 Å². The molecule has 3 heterocycles. The van der Waals surface area contributed by atoms with E-state index in [9.17, 15) is 13.2 Å². The average Bonchev–Trinajstić information content (AvgIpc) is 3.16. The first-order chi connectivity index (χ1) is 12.0. The summed E-state index contributed by atoms with van der Waals surface area (Å²) in [5, 5.41) is 0. The molecular weight excluding hydrogens is 344 g/mol. The fourth-order valence-electron chi connectivity index (χ4n) is 4.08. The van der Waals surface area contributed by atoms with Gasteiger partial charge in [-0.25, -0.2) is 12.7 Å². The molecule has 0 aliphatic carbocycles. The molecule has 25 heavy (non-hydrogen) atoms. The highest BCUT2D eigenvalue weighted by Gasteiger charge is 2.36. The number of amides is 1. The topological polar surface area (TPSA) is 76.2 Å².